The van der Waals surface area contributed by atoms with Crippen molar-refractivity contribution in [2.45, 2.75) is 6.92 Å². The lowest BCUT2D eigenvalue weighted by atomic mass is 10.9. The Morgan fingerprint density at radius 2 is 2.12 bits per heavy atom. The molecule has 1 unspecified atom stereocenters. The molecule has 8 heavy (non-hydrogen) atoms. The van der Waals surface area contributed by atoms with Crippen LogP contribution in [-0.4, -0.2) is 35.5 Å². The number of rotatable bonds is 2. The summed E-state index contributed by atoms with van der Waals surface area (Å²) < 4.78 is 14.5. The molecule has 0 fully saturated rings. The van der Waals surface area contributed by atoms with Crippen molar-refractivity contribution in [3.63, 3.8) is 0 Å². The van der Waals surface area contributed by atoms with Gasteiger partial charge in [-0.15, -0.1) is 0 Å². The Morgan fingerprint density at radius 1 is 1.75 bits per heavy atom. The van der Waals surface area contributed by atoms with E-state index in [4.69, 9.17) is 4.89 Å². The molecular weight excluding hydrogens is 142 g/mol. The maximum Gasteiger partial charge on any atom is 0.325 e. The summed E-state index contributed by atoms with van der Waals surface area (Å²) in [6.07, 6.45) is 0. The second-order valence-electron chi connectivity index (χ2n) is 1.22. The van der Waals surface area contributed by atoms with Crippen molar-refractivity contribution in [3.05, 3.63) is 0 Å². The third-order valence-corrected chi connectivity index (χ3v) is 1.11. The lowest BCUT2D eigenvalue weighted by Gasteiger charge is -2.00. The van der Waals surface area contributed by atoms with Gasteiger partial charge in [0.05, 0.1) is 6.61 Å². The van der Waals surface area contributed by atoms with Gasteiger partial charge in [-0.25, -0.2) is 0 Å². The summed E-state index contributed by atoms with van der Waals surface area (Å²) in [5.41, 5.74) is 0. The molecule has 0 aliphatic carbocycles. The highest BCUT2D eigenvalue weighted by molar-refractivity contribution is 7.51. The predicted octanol–water partition coefficient (Wildman–Crippen LogP) is -0.346. The molecule has 1 atom stereocenters. The van der Waals surface area contributed by atoms with Gasteiger partial charge in [-0.1, -0.05) is 0 Å². The first-order valence-electron chi connectivity index (χ1n) is 2.01. The molecule has 0 aliphatic heterocycles. The van der Waals surface area contributed by atoms with E-state index < -0.39 is 7.60 Å². The summed E-state index contributed by atoms with van der Waals surface area (Å²) in [5.74, 6) is 0. The van der Waals surface area contributed by atoms with Gasteiger partial charge in [-0.2, -0.15) is 0 Å². The first-order valence-corrected chi connectivity index (χ1v) is 4.03. The van der Waals surface area contributed by atoms with Gasteiger partial charge in [0, 0.05) is 6.66 Å². The van der Waals surface area contributed by atoms with Crippen LogP contribution in [0.3, 0.4) is 0 Å². The van der Waals surface area contributed by atoms with Crippen LogP contribution >= 0.6 is 7.60 Å². The molecule has 3 nitrogen and oxygen atoms in total. The van der Waals surface area contributed by atoms with Crippen molar-refractivity contribution in [3.8, 4) is 0 Å². The highest BCUT2D eigenvalue weighted by Gasteiger charge is 2.05. The fourth-order valence-corrected chi connectivity index (χ4v) is 0.719. The Labute approximate surface area is 59.7 Å². The van der Waals surface area contributed by atoms with E-state index in [1.807, 2.05) is 0 Å². The summed E-state index contributed by atoms with van der Waals surface area (Å²) in [5, 5.41) is 0. The first-order chi connectivity index (χ1) is 3.06. The average molecular weight is 154 g/mol. The Bertz CT molecular complexity index is 88.5. The molecular formula is C3H12AlO3P. The third-order valence-electron chi connectivity index (χ3n) is 0.369. The van der Waals surface area contributed by atoms with Gasteiger partial charge in [-0.3, -0.25) is 4.57 Å². The van der Waals surface area contributed by atoms with E-state index in [2.05, 4.69) is 4.52 Å². The maximum atomic E-state index is 10.1. The molecule has 0 radical (unpaired) electrons. The molecule has 0 aromatic heterocycles. The Kier molecular flexibility index (Phi) is 6.53. The fraction of sp³-hybridized carbons (Fsp3) is 1.00. The summed E-state index contributed by atoms with van der Waals surface area (Å²) in [6, 6.07) is 0. The summed E-state index contributed by atoms with van der Waals surface area (Å²) in [4.78, 5) is 8.35. The minimum atomic E-state index is -3.17. The quantitative estimate of drug-likeness (QED) is 0.437. The Morgan fingerprint density at radius 3 is 2.12 bits per heavy atom. The van der Waals surface area contributed by atoms with E-state index in [0.29, 0.717) is 6.61 Å². The summed E-state index contributed by atoms with van der Waals surface area (Å²) in [6.45, 7) is 3.13. The van der Waals surface area contributed by atoms with Crippen molar-refractivity contribution in [2.24, 2.45) is 0 Å². The van der Waals surface area contributed by atoms with Crippen molar-refractivity contribution < 1.29 is 14.0 Å². The highest BCUT2D eigenvalue weighted by atomic mass is 31.2. The lowest BCUT2D eigenvalue weighted by molar-refractivity contribution is 0.279. The molecule has 0 bridgehead atoms. The van der Waals surface area contributed by atoms with E-state index in [9.17, 15) is 4.57 Å². The first kappa shape index (κ1) is 11.5. The largest absolute Gasteiger partial charge is 0.325 e. The number of hydrogen-bond acceptors (Lipinski definition) is 2. The molecule has 0 aromatic carbocycles. The van der Waals surface area contributed by atoms with Crippen LogP contribution in [-0.2, 0) is 9.09 Å². The van der Waals surface area contributed by atoms with Crippen LogP contribution in [0.2, 0.25) is 0 Å². The topological polar surface area (TPSA) is 46.5 Å². The van der Waals surface area contributed by atoms with Crippen LogP contribution in [0, 0.1) is 0 Å². The predicted molar refractivity (Wildman–Crippen MR) is 37.3 cm³/mol. The zero-order chi connectivity index (χ0) is 5.91. The van der Waals surface area contributed by atoms with Crippen LogP contribution in [0.5, 0.6) is 0 Å². The smallest absolute Gasteiger partial charge is 0.324 e. The molecule has 0 spiro atoms. The van der Waals surface area contributed by atoms with Crippen molar-refractivity contribution in [2.75, 3.05) is 13.3 Å². The van der Waals surface area contributed by atoms with Gasteiger partial charge in [-0.05, 0) is 6.92 Å². The van der Waals surface area contributed by atoms with Crippen molar-refractivity contribution in [1.82, 2.24) is 0 Å². The van der Waals surface area contributed by atoms with Gasteiger partial charge >= 0.3 is 7.60 Å². The third kappa shape index (κ3) is 9.84. The monoisotopic (exact) mass is 154 g/mol. The minimum Gasteiger partial charge on any atom is -0.324 e. The van der Waals surface area contributed by atoms with Crippen molar-refractivity contribution in [1.29, 1.82) is 0 Å². The standard InChI is InChI=1S/C3H9O3P.Al.3H/c1-3-6-7(2,4)5;;;;/h3H2,1-2H3,(H,4,5);;;;. The van der Waals surface area contributed by atoms with Crippen LogP contribution < -0.4 is 0 Å². The zero-order valence-corrected chi connectivity index (χ0v) is 5.31. The highest BCUT2D eigenvalue weighted by Crippen LogP contribution is 2.35. The van der Waals surface area contributed by atoms with Gasteiger partial charge in [0.1, 0.15) is 0 Å². The zero-order valence-electron chi connectivity index (χ0n) is 4.42. The SMILES string of the molecule is CCOP(C)(=O)O.[AlH3]. The lowest BCUT2D eigenvalue weighted by Crippen LogP contribution is -1.83. The van der Waals surface area contributed by atoms with Crippen LogP contribution in [0.15, 0.2) is 0 Å². The van der Waals surface area contributed by atoms with Gasteiger partial charge in [0.2, 0.25) is 0 Å². The molecule has 0 aliphatic rings. The van der Waals surface area contributed by atoms with E-state index in [-0.39, 0.29) is 17.4 Å². The second kappa shape index (κ2) is 4.55. The molecule has 0 saturated carbocycles. The molecule has 0 saturated heterocycles. The molecule has 0 heterocycles. The minimum absolute atomic E-state index is 0. The van der Waals surface area contributed by atoms with Crippen LogP contribution in [0.1, 0.15) is 6.92 Å². The van der Waals surface area contributed by atoms with E-state index in [1.165, 1.54) is 0 Å². The summed E-state index contributed by atoms with van der Waals surface area (Å²) in [7, 11) is -3.17. The maximum absolute atomic E-state index is 10.1. The van der Waals surface area contributed by atoms with Crippen LogP contribution in [0.25, 0.3) is 0 Å². The molecule has 5 heteroatoms. The van der Waals surface area contributed by atoms with Gasteiger partial charge < -0.3 is 9.42 Å². The van der Waals surface area contributed by atoms with E-state index in [1.54, 1.807) is 6.92 Å². The van der Waals surface area contributed by atoms with E-state index in [0.717, 1.165) is 6.66 Å². The summed E-state index contributed by atoms with van der Waals surface area (Å²) >= 11 is 0. The van der Waals surface area contributed by atoms with Crippen molar-refractivity contribution >= 4 is 25.0 Å². The van der Waals surface area contributed by atoms with Gasteiger partial charge in [0.25, 0.3) is 0 Å². The Balaban J connectivity index is 0. The Hall–Kier alpha value is 0.682. The molecule has 0 aromatic rings. The fourth-order valence-electron chi connectivity index (χ4n) is 0.240. The average Bonchev–Trinajstić information content (AvgIpc) is 1.30. The van der Waals surface area contributed by atoms with E-state index >= 15 is 0 Å². The van der Waals surface area contributed by atoms with Crippen LogP contribution in [0.4, 0.5) is 0 Å². The second-order valence-corrected chi connectivity index (χ2v) is 3.08. The van der Waals surface area contributed by atoms with Gasteiger partial charge in [0.15, 0.2) is 17.4 Å². The number of hydrogen-bond donors (Lipinski definition) is 1. The molecule has 1 N–H and O–H groups in total. The molecule has 0 amide bonds. The molecule has 50 valence electrons. The molecule has 0 rings (SSSR count). The normalized spacial score (nSPS) is 16.4.